The summed E-state index contributed by atoms with van der Waals surface area (Å²) in [6, 6.07) is 5.20. The highest BCUT2D eigenvalue weighted by atomic mass is 16.5. The SMILES string of the molecule is CCCN(CCC)c1ncc(C(=O)Nc2ccc(OC)cc2OC)cn1. The Kier molecular flexibility index (Phi) is 7.20. The number of amides is 1. The number of rotatable bonds is 9. The zero-order valence-electron chi connectivity index (χ0n) is 15.8. The minimum Gasteiger partial charge on any atom is -0.497 e. The Bertz CT molecular complexity index is 713. The average Bonchev–Trinajstić information content (AvgIpc) is 2.68. The molecule has 7 heteroatoms. The minimum atomic E-state index is -0.294. The smallest absolute Gasteiger partial charge is 0.258 e. The van der Waals surface area contributed by atoms with Crippen LogP contribution in [0.1, 0.15) is 37.0 Å². The van der Waals surface area contributed by atoms with Crippen LogP contribution in [-0.4, -0.2) is 43.2 Å². The van der Waals surface area contributed by atoms with Gasteiger partial charge >= 0.3 is 0 Å². The topological polar surface area (TPSA) is 76.6 Å². The molecule has 2 aromatic rings. The van der Waals surface area contributed by atoms with Crippen LogP contribution in [0.4, 0.5) is 11.6 Å². The van der Waals surface area contributed by atoms with E-state index in [0.29, 0.717) is 28.7 Å². The van der Waals surface area contributed by atoms with Crippen molar-refractivity contribution in [3.63, 3.8) is 0 Å². The first-order valence-electron chi connectivity index (χ1n) is 8.73. The molecular weight excluding hydrogens is 332 g/mol. The van der Waals surface area contributed by atoms with E-state index in [-0.39, 0.29) is 5.91 Å². The third-order valence-electron chi connectivity index (χ3n) is 3.83. The Balaban J connectivity index is 2.13. The molecule has 1 aromatic heterocycles. The van der Waals surface area contributed by atoms with Crippen LogP contribution in [-0.2, 0) is 0 Å². The predicted molar refractivity (Wildman–Crippen MR) is 102 cm³/mol. The molecule has 26 heavy (non-hydrogen) atoms. The number of benzene rings is 1. The number of aromatic nitrogens is 2. The molecule has 0 unspecified atom stereocenters. The van der Waals surface area contributed by atoms with Crippen LogP contribution in [0.2, 0.25) is 0 Å². The average molecular weight is 358 g/mol. The summed E-state index contributed by atoms with van der Waals surface area (Å²) in [6.45, 7) is 6.02. The second-order valence-corrected chi connectivity index (χ2v) is 5.78. The normalized spacial score (nSPS) is 10.3. The number of carbonyl (C=O) groups excluding carboxylic acids is 1. The van der Waals surface area contributed by atoms with Gasteiger partial charge in [-0.2, -0.15) is 0 Å². The molecule has 1 aromatic carbocycles. The Morgan fingerprint density at radius 3 is 2.27 bits per heavy atom. The minimum absolute atomic E-state index is 0.294. The summed E-state index contributed by atoms with van der Waals surface area (Å²) in [4.78, 5) is 23.3. The van der Waals surface area contributed by atoms with E-state index in [1.54, 1.807) is 44.8 Å². The molecule has 7 nitrogen and oxygen atoms in total. The lowest BCUT2D eigenvalue weighted by Crippen LogP contribution is -2.27. The molecule has 0 saturated carbocycles. The van der Waals surface area contributed by atoms with Crippen molar-refractivity contribution >= 4 is 17.5 Å². The lowest BCUT2D eigenvalue weighted by Gasteiger charge is -2.21. The van der Waals surface area contributed by atoms with Crippen LogP contribution < -0.4 is 19.7 Å². The second kappa shape index (κ2) is 9.60. The number of hydrogen-bond acceptors (Lipinski definition) is 6. The van der Waals surface area contributed by atoms with Gasteiger partial charge in [-0.05, 0) is 25.0 Å². The van der Waals surface area contributed by atoms with Gasteiger partial charge in [-0.1, -0.05) is 13.8 Å². The van der Waals surface area contributed by atoms with Gasteiger partial charge in [0.05, 0.1) is 25.5 Å². The number of carbonyl (C=O) groups is 1. The third-order valence-corrected chi connectivity index (χ3v) is 3.83. The van der Waals surface area contributed by atoms with Crippen molar-refractivity contribution in [3.8, 4) is 11.5 Å². The van der Waals surface area contributed by atoms with Gasteiger partial charge in [0.25, 0.3) is 5.91 Å². The first-order chi connectivity index (χ1) is 12.6. The van der Waals surface area contributed by atoms with Gasteiger partial charge < -0.3 is 19.7 Å². The molecule has 140 valence electrons. The Morgan fingerprint density at radius 2 is 1.73 bits per heavy atom. The molecule has 1 amide bonds. The van der Waals surface area contributed by atoms with Crippen molar-refractivity contribution in [1.29, 1.82) is 0 Å². The lowest BCUT2D eigenvalue weighted by molar-refractivity contribution is 0.102. The van der Waals surface area contributed by atoms with E-state index < -0.39 is 0 Å². The number of nitrogens with one attached hydrogen (secondary N) is 1. The van der Waals surface area contributed by atoms with Gasteiger partial charge in [-0.15, -0.1) is 0 Å². The van der Waals surface area contributed by atoms with E-state index >= 15 is 0 Å². The van der Waals surface area contributed by atoms with Crippen molar-refractivity contribution < 1.29 is 14.3 Å². The summed E-state index contributed by atoms with van der Waals surface area (Å²) in [5.41, 5.74) is 0.945. The summed E-state index contributed by atoms with van der Waals surface area (Å²) in [5.74, 6) is 1.52. The molecule has 1 heterocycles. The van der Waals surface area contributed by atoms with Crippen molar-refractivity contribution in [2.45, 2.75) is 26.7 Å². The summed E-state index contributed by atoms with van der Waals surface area (Å²) in [5, 5.41) is 2.81. The first kappa shape index (κ1) is 19.5. The van der Waals surface area contributed by atoms with Crippen LogP contribution in [0.25, 0.3) is 0 Å². The molecule has 0 aliphatic rings. The molecule has 0 bridgehead atoms. The van der Waals surface area contributed by atoms with Crippen molar-refractivity contribution in [2.24, 2.45) is 0 Å². The first-order valence-corrected chi connectivity index (χ1v) is 8.73. The standard InChI is InChI=1S/C19H26N4O3/c1-5-9-23(10-6-2)19-20-12-14(13-21-19)18(24)22-16-8-7-15(25-3)11-17(16)26-4/h7-8,11-13H,5-6,9-10H2,1-4H3,(H,22,24). The van der Waals surface area contributed by atoms with E-state index in [2.05, 4.69) is 34.0 Å². The Hall–Kier alpha value is -2.83. The van der Waals surface area contributed by atoms with E-state index in [4.69, 9.17) is 9.47 Å². The molecule has 0 spiro atoms. The molecule has 0 aliphatic carbocycles. The largest absolute Gasteiger partial charge is 0.497 e. The van der Waals surface area contributed by atoms with Gasteiger partial charge in [-0.3, -0.25) is 4.79 Å². The highest BCUT2D eigenvalue weighted by Crippen LogP contribution is 2.29. The number of hydrogen-bond donors (Lipinski definition) is 1. The summed E-state index contributed by atoms with van der Waals surface area (Å²) in [7, 11) is 3.12. The third kappa shape index (κ3) is 4.84. The van der Waals surface area contributed by atoms with Gasteiger partial charge in [0.1, 0.15) is 11.5 Å². The van der Waals surface area contributed by atoms with E-state index in [1.807, 2.05) is 0 Å². The van der Waals surface area contributed by atoms with E-state index in [1.165, 1.54) is 0 Å². The molecule has 1 N–H and O–H groups in total. The van der Waals surface area contributed by atoms with E-state index in [9.17, 15) is 4.79 Å². The molecule has 2 rings (SSSR count). The quantitative estimate of drug-likeness (QED) is 0.741. The lowest BCUT2D eigenvalue weighted by atomic mass is 10.2. The van der Waals surface area contributed by atoms with Gasteiger partial charge in [0.2, 0.25) is 5.95 Å². The predicted octanol–water partition coefficient (Wildman–Crippen LogP) is 3.37. The van der Waals surface area contributed by atoms with Gasteiger partial charge in [0, 0.05) is 31.5 Å². The van der Waals surface area contributed by atoms with Crippen LogP contribution in [0.3, 0.4) is 0 Å². The fourth-order valence-electron chi connectivity index (χ4n) is 2.55. The zero-order valence-corrected chi connectivity index (χ0v) is 15.8. The second-order valence-electron chi connectivity index (χ2n) is 5.78. The summed E-state index contributed by atoms with van der Waals surface area (Å²) >= 11 is 0. The number of methoxy groups -OCH3 is 2. The maximum atomic E-state index is 12.5. The maximum Gasteiger partial charge on any atom is 0.258 e. The molecule has 0 aliphatic heterocycles. The Labute approximate surface area is 154 Å². The molecule has 0 radical (unpaired) electrons. The van der Waals surface area contributed by atoms with Gasteiger partial charge in [0.15, 0.2) is 0 Å². The van der Waals surface area contributed by atoms with Crippen LogP contribution in [0, 0.1) is 0 Å². The highest BCUT2D eigenvalue weighted by molar-refractivity contribution is 6.04. The number of ether oxygens (including phenoxy) is 2. The molecule has 0 atom stereocenters. The van der Waals surface area contributed by atoms with Gasteiger partial charge in [-0.25, -0.2) is 9.97 Å². The fourth-order valence-corrected chi connectivity index (χ4v) is 2.55. The zero-order chi connectivity index (χ0) is 18.9. The number of anilines is 2. The fraction of sp³-hybridized carbons (Fsp3) is 0.421. The number of nitrogens with zero attached hydrogens (tertiary/aromatic N) is 3. The van der Waals surface area contributed by atoms with Crippen molar-refractivity contribution in [2.75, 3.05) is 37.5 Å². The van der Waals surface area contributed by atoms with Crippen LogP contribution >= 0.6 is 0 Å². The van der Waals surface area contributed by atoms with Crippen LogP contribution in [0.15, 0.2) is 30.6 Å². The summed E-state index contributed by atoms with van der Waals surface area (Å²) in [6.07, 6.45) is 5.13. The van der Waals surface area contributed by atoms with Crippen molar-refractivity contribution in [1.82, 2.24) is 9.97 Å². The molecule has 0 saturated heterocycles. The molecule has 0 fully saturated rings. The molecular formula is C19H26N4O3. The Morgan fingerprint density at radius 1 is 1.08 bits per heavy atom. The van der Waals surface area contributed by atoms with Crippen molar-refractivity contribution in [3.05, 3.63) is 36.2 Å². The van der Waals surface area contributed by atoms with Crippen LogP contribution in [0.5, 0.6) is 11.5 Å². The summed E-state index contributed by atoms with van der Waals surface area (Å²) < 4.78 is 10.5. The maximum absolute atomic E-state index is 12.5. The van der Waals surface area contributed by atoms with E-state index in [0.717, 1.165) is 25.9 Å². The monoisotopic (exact) mass is 358 g/mol. The highest BCUT2D eigenvalue weighted by Gasteiger charge is 2.13.